The number of benzene rings is 1. The molecular weight excluding hydrogens is 258 g/mol. The van der Waals surface area contributed by atoms with Crippen LogP contribution in [0.1, 0.15) is 6.92 Å². The molecule has 0 saturated carbocycles. The predicted molar refractivity (Wildman–Crippen MR) is 62.7 cm³/mol. The number of carbonyl (C=O) groups excluding carboxylic acids is 1. The lowest BCUT2D eigenvalue weighted by molar-refractivity contribution is -0.125. The zero-order valence-electron chi connectivity index (χ0n) is 8.44. The maximum atomic E-state index is 11.9. The first-order valence-corrected chi connectivity index (χ1v) is 5.99. The smallest absolute Gasteiger partial charge is 0.267 e. The van der Waals surface area contributed by atoms with Gasteiger partial charge < -0.3 is 9.64 Å². The molecule has 0 radical (unpaired) electrons. The van der Waals surface area contributed by atoms with Crippen molar-refractivity contribution in [3.05, 3.63) is 24.3 Å². The molecule has 15 heavy (non-hydrogen) atoms. The first-order chi connectivity index (χ1) is 7.24. The molecule has 1 heterocycles. The van der Waals surface area contributed by atoms with Crippen molar-refractivity contribution in [1.82, 2.24) is 0 Å². The number of para-hydroxylation sites is 2. The van der Waals surface area contributed by atoms with Crippen molar-refractivity contribution in [1.29, 1.82) is 0 Å². The third-order valence-corrected chi connectivity index (χ3v) is 2.74. The topological polar surface area (TPSA) is 29.5 Å². The summed E-state index contributed by atoms with van der Waals surface area (Å²) in [6, 6.07) is 7.61. The molecule has 0 N–H and O–H groups in total. The second-order valence-electron chi connectivity index (χ2n) is 3.41. The van der Waals surface area contributed by atoms with Crippen molar-refractivity contribution in [2.45, 2.75) is 13.0 Å². The Bertz CT molecular complexity index is 381. The molecule has 1 aliphatic heterocycles. The Morgan fingerprint density at radius 2 is 2.20 bits per heavy atom. The lowest BCUT2D eigenvalue weighted by Gasteiger charge is -2.32. The van der Waals surface area contributed by atoms with Gasteiger partial charge in [-0.05, 0) is 19.1 Å². The summed E-state index contributed by atoms with van der Waals surface area (Å²) < 4.78 is 5.51. The van der Waals surface area contributed by atoms with Gasteiger partial charge in [0.1, 0.15) is 5.75 Å². The fourth-order valence-corrected chi connectivity index (χ4v) is 2.03. The summed E-state index contributed by atoms with van der Waals surface area (Å²) in [6.07, 6.45) is -0.390. The van der Waals surface area contributed by atoms with Gasteiger partial charge in [0.05, 0.1) is 5.69 Å². The van der Waals surface area contributed by atoms with Crippen molar-refractivity contribution in [3.8, 4) is 5.75 Å². The number of anilines is 1. The second-order valence-corrected chi connectivity index (χ2v) is 4.20. The molecule has 0 saturated heterocycles. The largest absolute Gasteiger partial charge is 0.479 e. The van der Waals surface area contributed by atoms with E-state index in [9.17, 15) is 4.79 Å². The van der Waals surface area contributed by atoms with Crippen LogP contribution < -0.4 is 9.64 Å². The lowest BCUT2D eigenvalue weighted by atomic mass is 10.2. The van der Waals surface area contributed by atoms with E-state index in [4.69, 9.17) is 4.74 Å². The Kier molecular flexibility index (Phi) is 2.95. The minimum Gasteiger partial charge on any atom is -0.479 e. The van der Waals surface area contributed by atoms with E-state index in [2.05, 4.69) is 15.9 Å². The first kappa shape index (κ1) is 10.5. The van der Waals surface area contributed by atoms with Crippen LogP contribution in [0.4, 0.5) is 5.69 Å². The van der Waals surface area contributed by atoms with Crippen molar-refractivity contribution >= 4 is 27.5 Å². The highest BCUT2D eigenvalue weighted by Gasteiger charge is 2.30. The summed E-state index contributed by atoms with van der Waals surface area (Å²) in [5.41, 5.74) is 0.861. The number of hydrogen-bond acceptors (Lipinski definition) is 2. The fraction of sp³-hybridized carbons (Fsp3) is 0.364. The molecular formula is C11H12BrNO2. The Morgan fingerprint density at radius 1 is 1.47 bits per heavy atom. The van der Waals surface area contributed by atoms with Crippen LogP contribution >= 0.6 is 15.9 Å². The van der Waals surface area contributed by atoms with E-state index in [-0.39, 0.29) is 12.0 Å². The van der Waals surface area contributed by atoms with E-state index < -0.39 is 0 Å². The summed E-state index contributed by atoms with van der Waals surface area (Å²) in [5, 5.41) is 0.764. The number of amides is 1. The average Bonchev–Trinajstić information content (AvgIpc) is 2.25. The summed E-state index contributed by atoms with van der Waals surface area (Å²) >= 11 is 3.35. The highest BCUT2D eigenvalue weighted by atomic mass is 79.9. The zero-order valence-corrected chi connectivity index (χ0v) is 10.0. The third-order valence-electron chi connectivity index (χ3n) is 2.38. The van der Waals surface area contributed by atoms with Crippen LogP contribution in [0.25, 0.3) is 0 Å². The van der Waals surface area contributed by atoms with E-state index in [1.54, 1.807) is 11.8 Å². The number of nitrogens with zero attached hydrogens (tertiary/aromatic N) is 1. The molecule has 80 valence electrons. The van der Waals surface area contributed by atoms with Crippen LogP contribution in [0.5, 0.6) is 5.75 Å². The summed E-state index contributed by atoms with van der Waals surface area (Å²) in [4.78, 5) is 13.6. The number of rotatable bonds is 2. The molecule has 1 aromatic carbocycles. The van der Waals surface area contributed by atoms with E-state index >= 15 is 0 Å². The molecule has 0 bridgehead atoms. The van der Waals surface area contributed by atoms with Gasteiger partial charge in [-0.2, -0.15) is 0 Å². The molecule has 4 heteroatoms. The minimum atomic E-state index is -0.390. The highest BCUT2D eigenvalue weighted by molar-refractivity contribution is 9.09. The molecule has 1 unspecified atom stereocenters. The summed E-state index contributed by atoms with van der Waals surface area (Å²) in [5.74, 6) is 0.804. The van der Waals surface area contributed by atoms with Crippen molar-refractivity contribution in [3.63, 3.8) is 0 Å². The van der Waals surface area contributed by atoms with E-state index in [1.165, 1.54) is 0 Å². The normalized spacial score (nSPS) is 19.7. The molecule has 1 atom stereocenters. The Morgan fingerprint density at radius 3 is 2.93 bits per heavy atom. The van der Waals surface area contributed by atoms with Crippen LogP contribution in [0.15, 0.2) is 24.3 Å². The van der Waals surface area contributed by atoms with E-state index in [1.807, 2.05) is 24.3 Å². The van der Waals surface area contributed by atoms with Gasteiger partial charge in [0.15, 0.2) is 6.10 Å². The number of halogens is 1. The molecule has 1 aliphatic rings. The molecule has 1 amide bonds. The van der Waals surface area contributed by atoms with Crippen LogP contribution in [-0.4, -0.2) is 23.9 Å². The highest BCUT2D eigenvalue weighted by Crippen LogP contribution is 2.33. The van der Waals surface area contributed by atoms with Gasteiger partial charge in [-0.1, -0.05) is 28.1 Å². The van der Waals surface area contributed by atoms with Crippen molar-refractivity contribution < 1.29 is 9.53 Å². The second kappa shape index (κ2) is 4.23. The minimum absolute atomic E-state index is 0.0214. The van der Waals surface area contributed by atoms with Gasteiger partial charge in [-0.3, -0.25) is 4.79 Å². The third kappa shape index (κ3) is 1.86. The molecule has 3 nitrogen and oxygen atoms in total. The Labute approximate surface area is 97.2 Å². The fourth-order valence-electron chi connectivity index (χ4n) is 1.67. The zero-order chi connectivity index (χ0) is 10.8. The van der Waals surface area contributed by atoms with Crippen molar-refractivity contribution in [2.24, 2.45) is 0 Å². The van der Waals surface area contributed by atoms with E-state index in [0.717, 1.165) is 16.8 Å². The standard InChI is InChI=1S/C11H12BrNO2/c1-8-11(14)13(7-6-12)9-4-2-3-5-10(9)15-8/h2-5,8H,6-7H2,1H3. The predicted octanol–water partition coefficient (Wildman–Crippen LogP) is 2.20. The quantitative estimate of drug-likeness (QED) is 0.771. The molecule has 1 aromatic rings. The number of carbonyl (C=O) groups is 1. The van der Waals surface area contributed by atoms with Crippen LogP contribution in [0.3, 0.4) is 0 Å². The Hall–Kier alpha value is -1.03. The van der Waals surface area contributed by atoms with Crippen LogP contribution in [0, 0.1) is 0 Å². The Balaban J connectivity index is 2.40. The molecule has 0 fully saturated rings. The van der Waals surface area contributed by atoms with Gasteiger partial charge in [0.2, 0.25) is 0 Å². The lowest BCUT2D eigenvalue weighted by Crippen LogP contribution is -2.45. The monoisotopic (exact) mass is 269 g/mol. The molecule has 0 spiro atoms. The SMILES string of the molecule is CC1Oc2ccccc2N(CCBr)C1=O. The maximum Gasteiger partial charge on any atom is 0.267 e. The van der Waals surface area contributed by atoms with Gasteiger partial charge >= 0.3 is 0 Å². The number of ether oxygens (including phenoxy) is 1. The molecule has 0 aliphatic carbocycles. The molecule has 0 aromatic heterocycles. The summed E-state index contributed by atoms with van der Waals surface area (Å²) in [6.45, 7) is 2.45. The van der Waals surface area contributed by atoms with Gasteiger partial charge in [0, 0.05) is 11.9 Å². The van der Waals surface area contributed by atoms with Gasteiger partial charge in [-0.25, -0.2) is 0 Å². The van der Waals surface area contributed by atoms with Crippen molar-refractivity contribution in [2.75, 3.05) is 16.8 Å². The van der Waals surface area contributed by atoms with Crippen LogP contribution in [-0.2, 0) is 4.79 Å². The number of alkyl halides is 1. The first-order valence-electron chi connectivity index (χ1n) is 4.87. The summed E-state index contributed by atoms with van der Waals surface area (Å²) in [7, 11) is 0. The van der Waals surface area contributed by atoms with Crippen LogP contribution in [0.2, 0.25) is 0 Å². The molecule has 2 rings (SSSR count). The number of hydrogen-bond donors (Lipinski definition) is 0. The average molecular weight is 270 g/mol. The maximum absolute atomic E-state index is 11.9. The van der Waals surface area contributed by atoms with Gasteiger partial charge in [0.25, 0.3) is 5.91 Å². The van der Waals surface area contributed by atoms with Gasteiger partial charge in [-0.15, -0.1) is 0 Å². The number of fused-ring (bicyclic) bond motifs is 1. The van der Waals surface area contributed by atoms with E-state index in [0.29, 0.717) is 6.54 Å².